The average Bonchev–Trinajstić information content (AvgIpc) is 2.82. The van der Waals surface area contributed by atoms with E-state index in [1.165, 1.54) is 77.0 Å². The van der Waals surface area contributed by atoms with Crippen LogP contribution in [0.3, 0.4) is 0 Å². The van der Waals surface area contributed by atoms with Gasteiger partial charge in [-0.2, -0.15) is 0 Å². The van der Waals surface area contributed by atoms with Gasteiger partial charge in [-0.05, 0) is 90.9 Å². The van der Waals surface area contributed by atoms with Gasteiger partial charge in [0.15, 0.2) is 0 Å². The minimum absolute atomic E-state index is 0. The van der Waals surface area contributed by atoms with Crippen molar-refractivity contribution in [3.05, 3.63) is 35.5 Å². The van der Waals surface area contributed by atoms with Crippen molar-refractivity contribution in [3.8, 4) is 0 Å². The fourth-order valence-corrected chi connectivity index (χ4v) is 2.76. The Hall–Kier alpha value is -0.780. The van der Waals surface area contributed by atoms with E-state index in [1.54, 1.807) is 11.1 Å². The van der Waals surface area contributed by atoms with Crippen molar-refractivity contribution in [2.75, 3.05) is 0 Å². The summed E-state index contributed by atoms with van der Waals surface area (Å²) in [5, 5.41) is 0. The smallest absolute Gasteiger partial charge is 0.0323 e. The Morgan fingerprint density at radius 1 is 0.448 bits per heavy atom. The zero-order valence-corrected chi connectivity index (χ0v) is 21.8. The van der Waals surface area contributed by atoms with Gasteiger partial charge in [0.2, 0.25) is 0 Å². The van der Waals surface area contributed by atoms with Crippen LogP contribution in [0.4, 0.5) is 0 Å². The third kappa shape index (κ3) is 38.4. The molecule has 0 heteroatoms. The molecule has 3 aliphatic rings. The van der Waals surface area contributed by atoms with Crippen LogP contribution in [-0.2, 0) is 0 Å². The fraction of sp³-hybridized carbons (Fsp3) is 0.793. The van der Waals surface area contributed by atoms with Crippen molar-refractivity contribution in [2.45, 2.75) is 154 Å². The molecule has 0 fully saturated rings. The molecule has 3 rings (SSSR count). The summed E-state index contributed by atoms with van der Waals surface area (Å²) in [6.07, 6.45) is 25.7. The monoisotopic (exact) mass is 410 g/mol. The lowest BCUT2D eigenvalue weighted by atomic mass is 10.0. The number of hydrogen-bond donors (Lipinski definition) is 0. The predicted molar refractivity (Wildman–Crippen MR) is 144 cm³/mol. The van der Waals surface area contributed by atoms with Crippen LogP contribution >= 0.6 is 0 Å². The third-order valence-corrected chi connectivity index (χ3v) is 4.19. The lowest BCUT2D eigenvalue weighted by Gasteiger charge is -2.05. The topological polar surface area (TPSA) is 0 Å². The van der Waals surface area contributed by atoms with Crippen LogP contribution < -0.4 is 0 Å². The highest BCUT2D eigenvalue weighted by molar-refractivity contribution is 5.00. The van der Waals surface area contributed by atoms with Gasteiger partial charge >= 0.3 is 0 Å². The molecule has 0 N–H and O–H groups in total. The van der Waals surface area contributed by atoms with Crippen LogP contribution in [0.25, 0.3) is 0 Å². The van der Waals surface area contributed by atoms with E-state index in [0.717, 1.165) is 0 Å². The number of rotatable bonds is 0. The first-order valence-electron chi connectivity index (χ1n) is 12.8. The fourth-order valence-electron chi connectivity index (χ4n) is 2.76. The first-order valence-corrected chi connectivity index (χ1v) is 12.8. The molecule has 29 heavy (non-hydrogen) atoms. The molecular weight excluding hydrogens is 348 g/mol. The molecule has 0 heterocycles. The Morgan fingerprint density at radius 3 is 0.828 bits per heavy atom. The van der Waals surface area contributed by atoms with Gasteiger partial charge in [0.05, 0.1) is 0 Å². The molecular formula is C29H62. The molecule has 0 aromatic carbocycles. The SMILES string of the molecule is C.C1=CCCCC1.CC.CC.CC.CC.CC1=CCCCC1.CC1=CCCCC1. The highest BCUT2D eigenvalue weighted by Crippen LogP contribution is 2.16. The van der Waals surface area contributed by atoms with Crippen LogP contribution in [-0.4, -0.2) is 0 Å². The van der Waals surface area contributed by atoms with E-state index in [-0.39, 0.29) is 7.43 Å². The molecule has 0 saturated carbocycles. The average molecular weight is 411 g/mol. The molecule has 0 atom stereocenters. The lowest BCUT2D eigenvalue weighted by molar-refractivity contribution is 0.701. The third-order valence-electron chi connectivity index (χ3n) is 4.19. The largest absolute Gasteiger partial charge is 0.0885 e. The molecule has 0 aromatic rings. The standard InChI is InChI=1S/2C7H12.C6H10.4C2H6.CH4/c2*1-7-5-3-2-4-6-7;1-2-4-6-5-3-1;4*1-2;/h2*5H,2-4,6H2,1H3;1-2H,3-6H2;4*1-2H3;1H4. The molecule has 0 amide bonds. The van der Waals surface area contributed by atoms with Gasteiger partial charge in [0.1, 0.15) is 0 Å². The minimum atomic E-state index is 0. The van der Waals surface area contributed by atoms with E-state index < -0.39 is 0 Å². The van der Waals surface area contributed by atoms with Crippen molar-refractivity contribution in [1.29, 1.82) is 0 Å². The quantitative estimate of drug-likeness (QED) is 0.348. The van der Waals surface area contributed by atoms with Crippen LogP contribution in [0.1, 0.15) is 154 Å². The highest BCUT2D eigenvalue weighted by Gasteiger charge is 1.95. The van der Waals surface area contributed by atoms with E-state index in [0.29, 0.717) is 0 Å². The van der Waals surface area contributed by atoms with Gasteiger partial charge < -0.3 is 0 Å². The van der Waals surface area contributed by atoms with Crippen molar-refractivity contribution < 1.29 is 0 Å². The molecule has 0 radical (unpaired) electrons. The molecule has 0 saturated heterocycles. The van der Waals surface area contributed by atoms with Gasteiger partial charge in [-0.3, -0.25) is 0 Å². The normalized spacial score (nSPS) is 15.7. The maximum Gasteiger partial charge on any atom is -0.0323 e. The van der Waals surface area contributed by atoms with Gasteiger partial charge in [-0.1, -0.05) is 98.3 Å². The lowest BCUT2D eigenvalue weighted by Crippen LogP contribution is -1.85. The summed E-state index contributed by atoms with van der Waals surface area (Å²) in [5.41, 5.74) is 3.18. The summed E-state index contributed by atoms with van der Waals surface area (Å²) in [6, 6.07) is 0. The molecule has 0 bridgehead atoms. The zero-order chi connectivity index (χ0) is 22.5. The van der Waals surface area contributed by atoms with Gasteiger partial charge in [0.25, 0.3) is 0 Å². The molecule has 0 spiro atoms. The summed E-state index contributed by atoms with van der Waals surface area (Å²) >= 11 is 0. The summed E-state index contributed by atoms with van der Waals surface area (Å²) in [5.74, 6) is 0. The molecule has 0 aliphatic heterocycles. The second kappa shape index (κ2) is 41.6. The van der Waals surface area contributed by atoms with E-state index in [9.17, 15) is 0 Å². The Kier molecular flexibility index (Phi) is 55.6. The number of allylic oxidation sites excluding steroid dienone is 6. The minimum Gasteiger partial charge on any atom is -0.0885 e. The van der Waals surface area contributed by atoms with Crippen LogP contribution in [0.2, 0.25) is 0 Å². The summed E-state index contributed by atoms with van der Waals surface area (Å²) in [7, 11) is 0. The summed E-state index contributed by atoms with van der Waals surface area (Å²) < 4.78 is 0. The van der Waals surface area contributed by atoms with Crippen molar-refractivity contribution in [1.82, 2.24) is 0 Å². The van der Waals surface area contributed by atoms with Crippen molar-refractivity contribution >= 4 is 0 Å². The number of hydrogen-bond acceptors (Lipinski definition) is 0. The maximum absolute atomic E-state index is 2.35. The second-order valence-electron chi connectivity index (χ2n) is 6.35. The van der Waals surface area contributed by atoms with Crippen LogP contribution in [0.15, 0.2) is 35.5 Å². The van der Waals surface area contributed by atoms with Crippen LogP contribution in [0.5, 0.6) is 0 Å². The summed E-state index contributed by atoms with van der Waals surface area (Å²) in [6.45, 7) is 20.4. The van der Waals surface area contributed by atoms with E-state index in [1.807, 2.05) is 55.4 Å². The molecule has 0 nitrogen and oxygen atoms in total. The Bertz CT molecular complexity index is 285. The molecule has 3 aliphatic carbocycles. The molecule has 0 unspecified atom stereocenters. The Labute approximate surface area is 189 Å². The van der Waals surface area contributed by atoms with E-state index >= 15 is 0 Å². The maximum atomic E-state index is 2.35. The van der Waals surface area contributed by atoms with Crippen LogP contribution in [0, 0.1) is 0 Å². The van der Waals surface area contributed by atoms with E-state index in [2.05, 4.69) is 38.2 Å². The molecule has 178 valence electrons. The Morgan fingerprint density at radius 2 is 0.724 bits per heavy atom. The highest BCUT2D eigenvalue weighted by atomic mass is 14.0. The van der Waals surface area contributed by atoms with Gasteiger partial charge in [-0.15, -0.1) is 0 Å². The van der Waals surface area contributed by atoms with Crippen molar-refractivity contribution in [2.24, 2.45) is 0 Å². The first-order chi connectivity index (χ1) is 13.8. The molecule has 0 aromatic heterocycles. The Balaban J connectivity index is -0.0000000836. The summed E-state index contributed by atoms with van der Waals surface area (Å²) in [4.78, 5) is 0. The second-order valence-corrected chi connectivity index (χ2v) is 6.35. The zero-order valence-electron chi connectivity index (χ0n) is 21.8. The first kappa shape index (κ1) is 38.8. The predicted octanol–water partition coefficient (Wildman–Crippen LogP) is 11.9. The van der Waals surface area contributed by atoms with Gasteiger partial charge in [0, 0.05) is 0 Å². The van der Waals surface area contributed by atoms with Gasteiger partial charge in [-0.25, -0.2) is 0 Å². The van der Waals surface area contributed by atoms with Crippen molar-refractivity contribution in [3.63, 3.8) is 0 Å². The van der Waals surface area contributed by atoms with E-state index in [4.69, 9.17) is 0 Å².